The number of hydrogen-bond acceptors (Lipinski definition) is 5. The maximum Gasteiger partial charge on any atom is 0.251 e. The van der Waals surface area contributed by atoms with Crippen LogP contribution in [0.25, 0.3) is 0 Å². The molecule has 8 heteroatoms. The van der Waals surface area contributed by atoms with Gasteiger partial charge in [-0.15, -0.1) is 0 Å². The third kappa shape index (κ3) is 6.04. The van der Waals surface area contributed by atoms with Crippen molar-refractivity contribution in [2.75, 3.05) is 42.0 Å². The molecule has 3 N–H and O–H groups in total. The molecule has 0 fully saturated rings. The van der Waals surface area contributed by atoms with Crippen LogP contribution >= 0.6 is 0 Å². The molecule has 0 spiro atoms. The fraction of sp³-hybridized carbons (Fsp3) is 0.364. The Morgan fingerprint density at radius 1 is 0.967 bits per heavy atom. The van der Waals surface area contributed by atoms with Crippen molar-refractivity contribution in [3.8, 4) is 17.2 Å². The summed E-state index contributed by atoms with van der Waals surface area (Å²) in [6.45, 7) is 1.20. The predicted octanol–water partition coefficient (Wildman–Crippen LogP) is 1.98. The summed E-state index contributed by atoms with van der Waals surface area (Å²) in [5, 5.41) is 9.19. The molecule has 0 bridgehead atoms. The van der Waals surface area contributed by atoms with Gasteiger partial charge in [0.05, 0.1) is 21.3 Å². The normalized spacial score (nSPS) is 10.9. The lowest BCUT2D eigenvalue weighted by Crippen LogP contribution is -2.37. The van der Waals surface area contributed by atoms with Gasteiger partial charge in [-0.25, -0.2) is 0 Å². The second-order valence-electron chi connectivity index (χ2n) is 6.42. The van der Waals surface area contributed by atoms with E-state index in [-0.39, 0.29) is 5.91 Å². The summed E-state index contributed by atoms with van der Waals surface area (Å²) in [6, 6.07) is 11.4. The lowest BCUT2D eigenvalue weighted by atomic mass is 10.1. The van der Waals surface area contributed by atoms with Gasteiger partial charge in [0.15, 0.2) is 17.5 Å². The largest absolute Gasteiger partial charge is 0.493 e. The molecule has 1 amide bonds. The van der Waals surface area contributed by atoms with Gasteiger partial charge in [-0.05, 0) is 41.8 Å². The molecule has 2 rings (SSSR count). The van der Waals surface area contributed by atoms with Crippen LogP contribution in [0.1, 0.15) is 21.5 Å². The third-order valence-electron chi connectivity index (χ3n) is 4.53. The summed E-state index contributed by atoms with van der Waals surface area (Å²) in [7, 11) is 8.10. The first kappa shape index (κ1) is 22.9. The summed E-state index contributed by atoms with van der Waals surface area (Å²) >= 11 is 0. The molecule has 2 aromatic carbocycles. The van der Waals surface area contributed by atoms with Crippen LogP contribution in [0.5, 0.6) is 17.2 Å². The molecule has 0 aliphatic rings. The van der Waals surface area contributed by atoms with E-state index in [2.05, 4.69) is 20.9 Å². The Kier molecular flexibility index (Phi) is 8.80. The first-order chi connectivity index (χ1) is 14.6. The molecule has 162 valence electrons. The van der Waals surface area contributed by atoms with Crippen LogP contribution in [0.4, 0.5) is 0 Å². The first-order valence-electron chi connectivity index (χ1n) is 9.60. The molecule has 0 aliphatic carbocycles. The predicted molar refractivity (Wildman–Crippen MR) is 118 cm³/mol. The van der Waals surface area contributed by atoms with Crippen LogP contribution in [-0.4, -0.2) is 53.8 Å². The van der Waals surface area contributed by atoms with E-state index < -0.39 is 0 Å². The number of amides is 1. The number of benzene rings is 2. The van der Waals surface area contributed by atoms with Crippen LogP contribution in [0, 0.1) is 0 Å². The smallest absolute Gasteiger partial charge is 0.251 e. The summed E-state index contributed by atoms with van der Waals surface area (Å²) in [6.07, 6.45) is 0.760. The Morgan fingerprint density at radius 3 is 2.23 bits per heavy atom. The highest BCUT2D eigenvalue weighted by atomic mass is 16.5. The molecule has 0 aromatic heterocycles. The molecular weight excluding hydrogens is 384 g/mol. The van der Waals surface area contributed by atoms with E-state index in [0.29, 0.717) is 41.9 Å². The number of carbonyl (C=O) groups is 1. The van der Waals surface area contributed by atoms with Gasteiger partial charge in [-0.2, -0.15) is 0 Å². The molecule has 8 nitrogen and oxygen atoms in total. The molecule has 0 saturated carbocycles. The van der Waals surface area contributed by atoms with Crippen molar-refractivity contribution >= 4 is 11.9 Å². The summed E-state index contributed by atoms with van der Waals surface area (Å²) in [5.74, 6) is 2.35. The Morgan fingerprint density at radius 2 is 1.67 bits per heavy atom. The molecule has 0 saturated heterocycles. The van der Waals surface area contributed by atoms with Crippen LogP contribution in [-0.2, 0) is 13.0 Å². The van der Waals surface area contributed by atoms with Gasteiger partial charge in [0.2, 0.25) is 5.75 Å². The Labute approximate surface area is 177 Å². The van der Waals surface area contributed by atoms with E-state index >= 15 is 0 Å². The Balaban J connectivity index is 1.94. The van der Waals surface area contributed by atoms with E-state index in [1.165, 1.54) is 0 Å². The van der Waals surface area contributed by atoms with Crippen molar-refractivity contribution in [2.24, 2.45) is 4.99 Å². The van der Waals surface area contributed by atoms with Crippen LogP contribution < -0.4 is 30.2 Å². The van der Waals surface area contributed by atoms with Crippen molar-refractivity contribution in [1.82, 2.24) is 16.0 Å². The minimum Gasteiger partial charge on any atom is -0.493 e. The zero-order valence-corrected chi connectivity index (χ0v) is 18.2. The van der Waals surface area contributed by atoms with Gasteiger partial charge in [-0.3, -0.25) is 9.79 Å². The third-order valence-corrected chi connectivity index (χ3v) is 4.53. The van der Waals surface area contributed by atoms with Gasteiger partial charge in [-0.1, -0.05) is 12.1 Å². The number of nitrogens with zero attached hydrogens (tertiary/aromatic N) is 1. The maximum atomic E-state index is 11.8. The molecule has 0 radical (unpaired) electrons. The van der Waals surface area contributed by atoms with E-state index in [9.17, 15) is 4.79 Å². The van der Waals surface area contributed by atoms with Crippen molar-refractivity contribution in [3.05, 3.63) is 53.1 Å². The summed E-state index contributed by atoms with van der Waals surface area (Å²) in [5.41, 5.74) is 2.69. The zero-order valence-electron chi connectivity index (χ0n) is 18.2. The molecule has 2 aromatic rings. The van der Waals surface area contributed by atoms with Gasteiger partial charge in [0, 0.05) is 32.7 Å². The second-order valence-corrected chi connectivity index (χ2v) is 6.42. The number of ether oxygens (including phenoxy) is 3. The summed E-state index contributed by atoms with van der Waals surface area (Å²) in [4.78, 5) is 16.0. The minimum atomic E-state index is -0.0902. The highest BCUT2D eigenvalue weighted by Gasteiger charge is 2.13. The number of methoxy groups -OCH3 is 3. The number of carbonyl (C=O) groups excluding carboxylic acids is 1. The molecule has 0 unspecified atom stereocenters. The first-order valence-corrected chi connectivity index (χ1v) is 9.60. The average molecular weight is 415 g/mol. The Bertz CT molecular complexity index is 858. The number of rotatable bonds is 9. The molecular formula is C22H30N4O4. The minimum absolute atomic E-state index is 0.0902. The van der Waals surface area contributed by atoms with E-state index in [1.54, 1.807) is 41.5 Å². The highest BCUT2D eigenvalue weighted by molar-refractivity contribution is 5.94. The fourth-order valence-corrected chi connectivity index (χ4v) is 2.98. The lowest BCUT2D eigenvalue weighted by Gasteiger charge is -2.16. The highest BCUT2D eigenvalue weighted by Crippen LogP contribution is 2.38. The van der Waals surface area contributed by atoms with Gasteiger partial charge in [0.1, 0.15) is 0 Å². The Hall–Kier alpha value is -3.42. The van der Waals surface area contributed by atoms with Crippen molar-refractivity contribution in [2.45, 2.75) is 13.0 Å². The fourth-order valence-electron chi connectivity index (χ4n) is 2.98. The van der Waals surface area contributed by atoms with Crippen LogP contribution in [0.3, 0.4) is 0 Å². The van der Waals surface area contributed by atoms with Crippen LogP contribution in [0.15, 0.2) is 41.4 Å². The number of guanidine groups is 1. The average Bonchev–Trinajstić information content (AvgIpc) is 2.79. The van der Waals surface area contributed by atoms with E-state index in [1.807, 2.05) is 30.3 Å². The molecule has 0 heterocycles. The van der Waals surface area contributed by atoms with Crippen molar-refractivity contribution in [3.63, 3.8) is 0 Å². The van der Waals surface area contributed by atoms with E-state index in [0.717, 1.165) is 17.5 Å². The topological polar surface area (TPSA) is 93.2 Å². The SMILES string of the molecule is CN=C(NCCc1cccc(C(=O)NC)c1)NCc1cc(OC)c(OC)c(OC)c1. The van der Waals surface area contributed by atoms with Gasteiger partial charge in [0.25, 0.3) is 5.91 Å². The standard InChI is InChI=1S/C22H30N4O4/c1-23-21(27)17-8-6-7-15(11-17)9-10-25-22(24-2)26-14-16-12-18(28-3)20(30-5)19(13-16)29-4/h6-8,11-13H,9-10,14H2,1-5H3,(H,23,27)(H2,24,25,26). The maximum absolute atomic E-state index is 11.8. The molecule has 0 atom stereocenters. The lowest BCUT2D eigenvalue weighted by molar-refractivity contribution is 0.0963. The second kappa shape index (κ2) is 11.5. The van der Waals surface area contributed by atoms with Crippen molar-refractivity contribution < 1.29 is 19.0 Å². The molecule has 30 heavy (non-hydrogen) atoms. The zero-order chi connectivity index (χ0) is 21.9. The summed E-state index contributed by atoms with van der Waals surface area (Å²) < 4.78 is 16.1. The quantitative estimate of drug-likeness (QED) is 0.429. The van der Waals surface area contributed by atoms with Gasteiger partial charge < -0.3 is 30.2 Å². The molecule has 0 aliphatic heterocycles. The van der Waals surface area contributed by atoms with Crippen LogP contribution in [0.2, 0.25) is 0 Å². The number of nitrogens with one attached hydrogen (secondary N) is 3. The van der Waals surface area contributed by atoms with E-state index in [4.69, 9.17) is 14.2 Å². The monoisotopic (exact) mass is 414 g/mol. The number of aliphatic imine (C=N–C) groups is 1. The van der Waals surface area contributed by atoms with Crippen molar-refractivity contribution in [1.29, 1.82) is 0 Å². The number of hydrogen-bond donors (Lipinski definition) is 3. The van der Waals surface area contributed by atoms with Gasteiger partial charge >= 0.3 is 0 Å².